The van der Waals surface area contributed by atoms with Crippen molar-refractivity contribution in [3.05, 3.63) is 35.6 Å². The maximum atomic E-state index is 12.3. The standard InChI is InChI=1S/C15H17NO2/c1-9-2-5-13-11(6-9)8-14(18-13)15(17)10-3-4-12(16)7-10/h2,5-6,8,10,12H,3-4,7,16H2,1H3. The molecular formula is C15H17NO2. The molecule has 18 heavy (non-hydrogen) atoms. The average molecular weight is 243 g/mol. The summed E-state index contributed by atoms with van der Waals surface area (Å²) in [6.45, 7) is 2.03. The minimum Gasteiger partial charge on any atom is -0.453 e. The van der Waals surface area contributed by atoms with E-state index in [0.29, 0.717) is 5.76 Å². The summed E-state index contributed by atoms with van der Waals surface area (Å²) in [7, 11) is 0. The smallest absolute Gasteiger partial charge is 0.201 e. The third-order valence-electron chi connectivity index (χ3n) is 3.76. The molecule has 0 spiro atoms. The topological polar surface area (TPSA) is 56.2 Å². The maximum Gasteiger partial charge on any atom is 0.201 e. The minimum atomic E-state index is 0.0432. The van der Waals surface area contributed by atoms with Crippen LogP contribution in [0.3, 0.4) is 0 Å². The van der Waals surface area contributed by atoms with Crippen molar-refractivity contribution in [1.29, 1.82) is 0 Å². The zero-order chi connectivity index (χ0) is 12.7. The Morgan fingerprint density at radius 2 is 2.17 bits per heavy atom. The van der Waals surface area contributed by atoms with E-state index in [2.05, 4.69) is 0 Å². The normalized spacial score (nSPS) is 23.7. The molecule has 1 aromatic carbocycles. The molecular weight excluding hydrogens is 226 g/mol. The third-order valence-corrected chi connectivity index (χ3v) is 3.76. The van der Waals surface area contributed by atoms with Gasteiger partial charge in [0.15, 0.2) is 5.76 Å². The number of nitrogens with two attached hydrogens (primary N) is 1. The second-order valence-corrected chi connectivity index (χ2v) is 5.29. The molecule has 1 aliphatic carbocycles. The van der Waals surface area contributed by atoms with Gasteiger partial charge in [0.25, 0.3) is 0 Å². The summed E-state index contributed by atoms with van der Waals surface area (Å²) in [5.74, 6) is 0.633. The summed E-state index contributed by atoms with van der Waals surface area (Å²) in [4.78, 5) is 12.3. The molecule has 1 aliphatic rings. The van der Waals surface area contributed by atoms with Crippen molar-refractivity contribution < 1.29 is 9.21 Å². The van der Waals surface area contributed by atoms with Gasteiger partial charge in [0.1, 0.15) is 5.58 Å². The van der Waals surface area contributed by atoms with E-state index < -0.39 is 0 Å². The van der Waals surface area contributed by atoms with E-state index in [1.165, 1.54) is 5.56 Å². The number of hydrogen-bond acceptors (Lipinski definition) is 3. The van der Waals surface area contributed by atoms with Gasteiger partial charge in [0.2, 0.25) is 5.78 Å². The first-order chi connectivity index (χ1) is 8.63. The summed E-state index contributed by atoms with van der Waals surface area (Å²) < 4.78 is 5.64. The molecule has 1 heterocycles. The van der Waals surface area contributed by atoms with Crippen molar-refractivity contribution in [2.24, 2.45) is 11.7 Å². The SMILES string of the molecule is Cc1ccc2oc(C(=O)C3CCC(N)C3)cc2c1. The van der Waals surface area contributed by atoms with E-state index in [1.54, 1.807) is 0 Å². The number of ketones is 1. The van der Waals surface area contributed by atoms with E-state index in [0.717, 1.165) is 30.2 Å². The van der Waals surface area contributed by atoms with Gasteiger partial charge in [-0.2, -0.15) is 0 Å². The number of carbonyl (C=O) groups excluding carboxylic acids is 1. The lowest BCUT2D eigenvalue weighted by Crippen LogP contribution is -2.17. The predicted molar refractivity (Wildman–Crippen MR) is 70.6 cm³/mol. The Kier molecular flexibility index (Phi) is 2.71. The Hall–Kier alpha value is -1.61. The largest absolute Gasteiger partial charge is 0.453 e. The highest BCUT2D eigenvalue weighted by molar-refractivity contribution is 5.99. The van der Waals surface area contributed by atoms with Gasteiger partial charge in [-0.1, -0.05) is 11.6 Å². The van der Waals surface area contributed by atoms with Crippen LogP contribution in [0.4, 0.5) is 0 Å². The Balaban J connectivity index is 1.92. The van der Waals surface area contributed by atoms with Gasteiger partial charge in [0, 0.05) is 17.3 Å². The van der Waals surface area contributed by atoms with E-state index in [-0.39, 0.29) is 17.7 Å². The predicted octanol–water partition coefficient (Wildman–Crippen LogP) is 3.05. The number of aryl methyl sites for hydroxylation is 1. The highest BCUT2D eigenvalue weighted by atomic mass is 16.3. The number of hydrogen-bond donors (Lipinski definition) is 1. The molecule has 1 fully saturated rings. The number of Topliss-reactive ketones (excluding diaryl/α,β-unsaturated/α-hetero) is 1. The fourth-order valence-electron chi connectivity index (χ4n) is 2.74. The highest BCUT2D eigenvalue weighted by Crippen LogP contribution is 2.30. The summed E-state index contributed by atoms with van der Waals surface area (Å²) in [6, 6.07) is 7.98. The number of fused-ring (bicyclic) bond motifs is 1. The van der Waals surface area contributed by atoms with Crippen LogP contribution < -0.4 is 5.73 Å². The molecule has 3 heteroatoms. The molecule has 2 aromatic rings. The Labute approximate surface area is 106 Å². The van der Waals surface area contributed by atoms with Crippen molar-refractivity contribution >= 4 is 16.8 Å². The quantitative estimate of drug-likeness (QED) is 0.825. The van der Waals surface area contributed by atoms with Crippen LogP contribution in [-0.2, 0) is 0 Å². The van der Waals surface area contributed by atoms with Gasteiger partial charge in [0.05, 0.1) is 0 Å². The summed E-state index contributed by atoms with van der Waals surface area (Å²) in [5.41, 5.74) is 7.81. The fourth-order valence-corrected chi connectivity index (χ4v) is 2.74. The van der Waals surface area contributed by atoms with Crippen LogP contribution in [0.5, 0.6) is 0 Å². The molecule has 0 radical (unpaired) electrons. The van der Waals surface area contributed by atoms with Crippen LogP contribution in [0, 0.1) is 12.8 Å². The summed E-state index contributed by atoms with van der Waals surface area (Å²) in [5, 5.41) is 1.00. The first-order valence-corrected chi connectivity index (χ1v) is 6.43. The van der Waals surface area contributed by atoms with Gasteiger partial charge in [-0.15, -0.1) is 0 Å². The van der Waals surface area contributed by atoms with Crippen LogP contribution in [0.2, 0.25) is 0 Å². The molecule has 0 aliphatic heterocycles. The minimum absolute atomic E-state index is 0.0432. The van der Waals surface area contributed by atoms with Crippen LogP contribution in [-0.4, -0.2) is 11.8 Å². The van der Waals surface area contributed by atoms with Crippen molar-refractivity contribution in [2.75, 3.05) is 0 Å². The monoisotopic (exact) mass is 243 g/mol. The van der Waals surface area contributed by atoms with E-state index in [4.69, 9.17) is 10.2 Å². The summed E-state index contributed by atoms with van der Waals surface area (Å²) >= 11 is 0. The molecule has 2 atom stereocenters. The van der Waals surface area contributed by atoms with Crippen molar-refractivity contribution in [2.45, 2.75) is 32.2 Å². The van der Waals surface area contributed by atoms with Crippen molar-refractivity contribution in [1.82, 2.24) is 0 Å². The molecule has 1 saturated carbocycles. The lowest BCUT2D eigenvalue weighted by atomic mass is 10.0. The van der Waals surface area contributed by atoms with Crippen molar-refractivity contribution in [3.8, 4) is 0 Å². The molecule has 0 bridgehead atoms. The van der Waals surface area contributed by atoms with Crippen LogP contribution >= 0.6 is 0 Å². The van der Waals surface area contributed by atoms with E-state index in [9.17, 15) is 4.79 Å². The zero-order valence-electron chi connectivity index (χ0n) is 10.5. The number of benzene rings is 1. The second-order valence-electron chi connectivity index (χ2n) is 5.29. The van der Waals surface area contributed by atoms with E-state index >= 15 is 0 Å². The van der Waals surface area contributed by atoms with Gasteiger partial charge >= 0.3 is 0 Å². The van der Waals surface area contributed by atoms with Crippen LogP contribution in [0.15, 0.2) is 28.7 Å². The molecule has 1 aromatic heterocycles. The van der Waals surface area contributed by atoms with E-state index in [1.807, 2.05) is 31.2 Å². The fraction of sp³-hybridized carbons (Fsp3) is 0.400. The molecule has 2 unspecified atom stereocenters. The molecule has 94 valence electrons. The molecule has 3 rings (SSSR count). The van der Waals surface area contributed by atoms with Gasteiger partial charge in [-0.05, 0) is 44.4 Å². The zero-order valence-corrected chi connectivity index (χ0v) is 10.5. The second kappa shape index (κ2) is 4.25. The van der Waals surface area contributed by atoms with Crippen LogP contribution in [0.25, 0.3) is 11.0 Å². The van der Waals surface area contributed by atoms with Gasteiger partial charge in [-0.3, -0.25) is 4.79 Å². The number of carbonyl (C=O) groups is 1. The maximum absolute atomic E-state index is 12.3. The van der Waals surface area contributed by atoms with Crippen LogP contribution in [0.1, 0.15) is 35.4 Å². The van der Waals surface area contributed by atoms with Gasteiger partial charge in [-0.25, -0.2) is 0 Å². The molecule has 0 amide bonds. The Bertz CT molecular complexity index is 600. The third kappa shape index (κ3) is 1.95. The number of furan rings is 1. The highest BCUT2D eigenvalue weighted by Gasteiger charge is 2.30. The lowest BCUT2D eigenvalue weighted by Gasteiger charge is -2.04. The molecule has 0 saturated heterocycles. The molecule has 2 N–H and O–H groups in total. The van der Waals surface area contributed by atoms with Crippen molar-refractivity contribution in [3.63, 3.8) is 0 Å². The number of rotatable bonds is 2. The Morgan fingerprint density at radius 1 is 1.33 bits per heavy atom. The molecule has 3 nitrogen and oxygen atoms in total. The first-order valence-electron chi connectivity index (χ1n) is 6.43. The lowest BCUT2D eigenvalue weighted by molar-refractivity contribution is 0.0895. The van der Waals surface area contributed by atoms with Gasteiger partial charge < -0.3 is 10.2 Å². The average Bonchev–Trinajstić information content (AvgIpc) is 2.93. The summed E-state index contributed by atoms with van der Waals surface area (Å²) in [6.07, 6.45) is 2.61. The first kappa shape index (κ1) is 11.5. The Morgan fingerprint density at radius 3 is 2.89 bits per heavy atom.